The second-order valence-corrected chi connectivity index (χ2v) is 6.85. The molecule has 1 N–H and O–H groups in total. The SMILES string of the molecule is COc1ccc(OCC(=O)Nc2nc(CN3CCCCC3)cs2)cc1. The number of rotatable bonds is 7. The molecule has 0 atom stereocenters. The Bertz CT molecular complexity index is 681. The third-order valence-electron chi connectivity index (χ3n) is 4.06. The quantitative estimate of drug-likeness (QED) is 0.821. The van der Waals surface area contributed by atoms with Gasteiger partial charge in [0.1, 0.15) is 11.5 Å². The van der Waals surface area contributed by atoms with Crippen molar-refractivity contribution in [2.75, 3.05) is 32.1 Å². The van der Waals surface area contributed by atoms with Crippen molar-refractivity contribution in [1.29, 1.82) is 0 Å². The van der Waals surface area contributed by atoms with Crippen LogP contribution in [0.5, 0.6) is 11.5 Å². The number of aromatic nitrogens is 1. The highest BCUT2D eigenvalue weighted by Gasteiger charge is 2.13. The van der Waals surface area contributed by atoms with E-state index in [0.717, 1.165) is 31.1 Å². The van der Waals surface area contributed by atoms with E-state index in [2.05, 4.69) is 15.2 Å². The van der Waals surface area contributed by atoms with E-state index in [9.17, 15) is 4.79 Å². The minimum absolute atomic E-state index is 0.0482. The maximum absolute atomic E-state index is 12.0. The number of piperidine rings is 1. The number of amides is 1. The second-order valence-electron chi connectivity index (χ2n) is 5.99. The zero-order valence-corrected chi connectivity index (χ0v) is 15.2. The molecule has 1 aliphatic rings. The Hall–Kier alpha value is -2.12. The van der Waals surface area contributed by atoms with Gasteiger partial charge in [-0.3, -0.25) is 15.0 Å². The average Bonchev–Trinajstić information content (AvgIpc) is 3.08. The standard InChI is InChI=1S/C18H23N3O3S/c1-23-15-5-7-16(8-6-15)24-12-17(22)20-18-19-14(13-25-18)11-21-9-3-2-4-10-21/h5-8,13H,2-4,9-12H2,1H3,(H,19,20,22). The Kier molecular flexibility index (Phi) is 6.25. The predicted molar refractivity (Wildman–Crippen MR) is 98.4 cm³/mol. The lowest BCUT2D eigenvalue weighted by Gasteiger charge is -2.25. The van der Waals surface area contributed by atoms with E-state index in [1.54, 1.807) is 31.4 Å². The molecule has 3 rings (SSSR count). The van der Waals surface area contributed by atoms with Crippen LogP contribution >= 0.6 is 11.3 Å². The van der Waals surface area contributed by atoms with E-state index in [-0.39, 0.29) is 12.5 Å². The predicted octanol–water partition coefficient (Wildman–Crippen LogP) is 3.16. The van der Waals surface area contributed by atoms with E-state index >= 15 is 0 Å². The summed E-state index contributed by atoms with van der Waals surface area (Å²) in [5.74, 6) is 1.16. The van der Waals surface area contributed by atoms with Crippen LogP contribution in [-0.4, -0.2) is 42.6 Å². The van der Waals surface area contributed by atoms with E-state index in [1.807, 2.05) is 5.38 Å². The number of hydrogen-bond donors (Lipinski definition) is 1. The summed E-state index contributed by atoms with van der Waals surface area (Å²) in [7, 11) is 1.61. The van der Waals surface area contributed by atoms with Crippen LogP contribution < -0.4 is 14.8 Å². The van der Waals surface area contributed by atoms with Crippen molar-refractivity contribution in [2.24, 2.45) is 0 Å². The average molecular weight is 361 g/mol. The van der Waals surface area contributed by atoms with E-state index in [0.29, 0.717) is 10.9 Å². The van der Waals surface area contributed by atoms with Gasteiger partial charge >= 0.3 is 0 Å². The number of methoxy groups -OCH3 is 1. The van der Waals surface area contributed by atoms with Crippen LogP contribution in [0.1, 0.15) is 25.0 Å². The van der Waals surface area contributed by atoms with Gasteiger partial charge in [0, 0.05) is 11.9 Å². The summed E-state index contributed by atoms with van der Waals surface area (Å²) >= 11 is 1.45. The van der Waals surface area contributed by atoms with Crippen molar-refractivity contribution in [2.45, 2.75) is 25.8 Å². The highest BCUT2D eigenvalue weighted by Crippen LogP contribution is 2.19. The molecular formula is C18H23N3O3S. The van der Waals surface area contributed by atoms with Crippen molar-refractivity contribution in [3.63, 3.8) is 0 Å². The summed E-state index contributed by atoms with van der Waals surface area (Å²) in [6.45, 7) is 3.08. The van der Waals surface area contributed by atoms with Gasteiger partial charge in [0.2, 0.25) is 0 Å². The number of carbonyl (C=O) groups is 1. The summed E-state index contributed by atoms with van der Waals surface area (Å²) in [6, 6.07) is 7.13. The number of likely N-dealkylation sites (tertiary alicyclic amines) is 1. The van der Waals surface area contributed by atoms with Crippen LogP contribution in [0.2, 0.25) is 0 Å². The topological polar surface area (TPSA) is 63.7 Å². The Labute approximate surface area is 151 Å². The van der Waals surface area contributed by atoms with E-state index in [4.69, 9.17) is 9.47 Å². The van der Waals surface area contributed by atoms with Gasteiger partial charge < -0.3 is 9.47 Å². The van der Waals surface area contributed by atoms with Gasteiger partial charge in [-0.05, 0) is 50.2 Å². The van der Waals surface area contributed by atoms with Crippen molar-refractivity contribution >= 4 is 22.4 Å². The van der Waals surface area contributed by atoms with Crippen LogP contribution in [0.15, 0.2) is 29.6 Å². The molecule has 0 aliphatic carbocycles. The Morgan fingerprint density at radius 1 is 1.20 bits per heavy atom. The first-order valence-corrected chi connectivity index (χ1v) is 9.34. The molecule has 0 spiro atoms. The fraction of sp³-hybridized carbons (Fsp3) is 0.444. The van der Waals surface area contributed by atoms with Crippen LogP contribution in [0, 0.1) is 0 Å². The van der Waals surface area contributed by atoms with E-state index in [1.165, 1.54) is 30.6 Å². The molecule has 2 heterocycles. The summed E-state index contributed by atoms with van der Waals surface area (Å²) in [4.78, 5) is 18.9. The van der Waals surface area contributed by atoms with Gasteiger partial charge in [0.05, 0.1) is 12.8 Å². The maximum atomic E-state index is 12.0. The minimum Gasteiger partial charge on any atom is -0.497 e. The van der Waals surface area contributed by atoms with Gasteiger partial charge in [0.25, 0.3) is 5.91 Å². The maximum Gasteiger partial charge on any atom is 0.264 e. The third-order valence-corrected chi connectivity index (χ3v) is 4.87. The van der Waals surface area contributed by atoms with E-state index < -0.39 is 0 Å². The zero-order valence-electron chi connectivity index (χ0n) is 14.4. The molecule has 0 bridgehead atoms. The van der Waals surface area contributed by atoms with Gasteiger partial charge in [-0.1, -0.05) is 6.42 Å². The molecule has 1 saturated heterocycles. The first kappa shape index (κ1) is 17.7. The third kappa shape index (κ3) is 5.44. The van der Waals surface area contributed by atoms with Crippen LogP contribution in [0.25, 0.3) is 0 Å². The van der Waals surface area contributed by atoms with Crippen molar-refractivity contribution in [1.82, 2.24) is 9.88 Å². The second kappa shape index (κ2) is 8.82. The summed E-state index contributed by atoms with van der Waals surface area (Å²) in [5.41, 5.74) is 1.01. The number of hydrogen-bond acceptors (Lipinski definition) is 6. The number of anilines is 1. The molecule has 0 saturated carbocycles. The first-order valence-electron chi connectivity index (χ1n) is 8.46. The van der Waals surface area contributed by atoms with Gasteiger partial charge in [0.15, 0.2) is 11.7 Å². The molecule has 1 aliphatic heterocycles. The van der Waals surface area contributed by atoms with Gasteiger partial charge in [-0.15, -0.1) is 11.3 Å². The van der Waals surface area contributed by atoms with Crippen molar-refractivity contribution in [3.05, 3.63) is 35.3 Å². The number of ether oxygens (including phenoxy) is 2. The highest BCUT2D eigenvalue weighted by atomic mass is 32.1. The lowest BCUT2D eigenvalue weighted by Crippen LogP contribution is -2.29. The molecule has 7 heteroatoms. The lowest BCUT2D eigenvalue weighted by atomic mass is 10.1. The zero-order chi connectivity index (χ0) is 17.5. The fourth-order valence-electron chi connectivity index (χ4n) is 2.76. The Balaban J connectivity index is 1.44. The van der Waals surface area contributed by atoms with Gasteiger partial charge in [-0.25, -0.2) is 4.98 Å². The highest BCUT2D eigenvalue weighted by molar-refractivity contribution is 7.13. The monoisotopic (exact) mass is 361 g/mol. The fourth-order valence-corrected chi connectivity index (χ4v) is 3.48. The molecule has 25 heavy (non-hydrogen) atoms. The first-order chi connectivity index (χ1) is 12.2. The number of nitrogens with zero attached hydrogens (tertiary/aromatic N) is 2. The number of thiazole rings is 1. The number of nitrogens with one attached hydrogen (secondary N) is 1. The molecule has 0 unspecified atom stereocenters. The normalized spacial score (nSPS) is 14.9. The molecule has 1 fully saturated rings. The molecular weight excluding hydrogens is 338 g/mol. The molecule has 134 valence electrons. The largest absolute Gasteiger partial charge is 0.497 e. The summed E-state index contributed by atoms with van der Waals surface area (Å²) in [5, 5.41) is 5.42. The summed E-state index contributed by atoms with van der Waals surface area (Å²) in [6.07, 6.45) is 3.84. The Morgan fingerprint density at radius 3 is 2.64 bits per heavy atom. The summed E-state index contributed by atoms with van der Waals surface area (Å²) < 4.78 is 10.6. The smallest absolute Gasteiger partial charge is 0.264 e. The van der Waals surface area contributed by atoms with Gasteiger partial charge in [-0.2, -0.15) is 0 Å². The number of benzene rings is 1. The minimum atomic E-state index is -0.213. The number of carbonyl (C=O) groups excluding carboxylic acids is 1. The molecule has 0 radical (unpaired) electrons. The molecule has 6 nitrogen and oxygen atoms in total. The molecule has 1 aromatic heterocycles. The lowest BCUT2D eigenvalue weighted by molar-refractivity contribution is -0.118. The molecule has 1 aromatic carbocycles. The Morgan fingerprint density at radius 2 is 1.92 bits per heavy atom. The van der Waals surface area contributed by atoms with Crippen LogP contribution in [-0.2, 0) is 11.3 Å². The van der Waals surface area contributed by atoms with Crippen molar-refractivity contribution in [3.8, 4) is 11.5 Å². The van der Waals surface area contributed by atoms with Crippen LogP contribution in [0.4, 0.5) is 5.13 Å². The molecule has 2 aromatic rings. The van der Waals surface area contributed by atoms with Crippen molar-refractivity contribution < 1.29 is 14.3 Å². The molecule has 1 amide bonds. The van der Waals surface area contributed by atoms with Crippen LogP contribution in [0.3, 0.4) is 0 Å².